The quantitative estimate of drug-likeness (QED) is 0.294. The summed E-state index contributed by atoms with van der Waals surface area (Å²) >= 11 is 0. The Balaban J connectivity index is 1.31. The van der Waals surface area contributed by atoms with Crippen molar-refractivity contribution >= 4 is 0 Å². The van der Waals surface area contributed by atoms with E-state index in [4.69, 9.17) is 23.7 Å². The molecule has 0 atom stereocenters. The summed E-state index contributed by atoms with van der Waals surface area (Å²) in [6.45, 7) is 7.66. The normalized spacial score (nSPS) is 41.4. The average molecular weight is 439 g/mol. The Labute approximate surface area is 189 Å². The van der Waals surface area contributed by atoms with Crippen molar-refractivity contribution in [3.05, 3.63) is 0 Å². The standard InChI is InChI=1S/C26H46O5/c1-5-17-9-21(10-17)27-25(28-22-11-18(6-2)12-22)31-26(29-23-13-19(7-3)14-23)30-24-15-20(8-4)16-24/h17-26H,5-16H2,1-4H3. The van der Waals surface area contributed by atoms with Gasteiger partial charge in [0.1, 0.15) is 0 Å². The predicted octanol–water partition coefficient (Wildman–Crippen LogP) is 6.39. The van der Waals surface area contributed by atoms with Crippen LogP contribution in [0.5, 0.6) is 0 Å². The molecule has 180 valence electrons. The van der Waals surface area contributed by atoms with Crippen LogP contribution >= 0.6 is 0 Å². The fourth-order valence-electron chi connectivity index (χ4n) is 5.39. The Morgan fingerprint density at radius 3 is 0.871 bits per heavy atom. The summed E-state index contributed by atoms with van der Waals surface area (Å²) < 4.78 is 31.3. The summed E-state index contributed by atoms with van der Waals surface area (Å²) in [5, 5.41) is 0. The average Bonchev–Trinajstić information content (AvgIpc) is 2.64. The molecular formula is C26H46O5. The molecule has 0 aliphatic heterocycles. The molecule has 0 aromatic rings. The van der Waals surface area contributed by atoms with Gasteiger partial charge in [0.25, 0.3) is 13.0 Å². The van der Waals surface area contributed by atoms with Gasteiger partial charge in [-0.05, 0) is 75.0 Å². The second kappa shape index (κ2) is 11.3. The molecule has 31 heavy (non-hydrogen) atoms. The third-order valence-corrected chi connectivity index (χ3v) is 8.52. The molecular weight excluding hydrogens is 392 g/mol. The van der Waals surface area contributed by atoms with Gasteiger partial charge < -0.3 is 18.9 Å². The van der Waals surface area contributed by atoms with Gasteiger partial charge in [-0.15, -0.1) is 0 Å². The minimum atomic E-state index is -0.681. The lowest BCUT2D eigenvalue weighted by molar-refractivity contribution is -0.437. The maximum atomic E-state index is 6.27. The first-order valence-electron chi connectivity index (χ1n) is 13.4. The molecule has 0 radical (unpaired) electrons. The molecule has 4 rings (SSSR count). The molecule has 0 N–H and O–H groups in total. The molecule has 0 heterocycles. The first-order valence-corrected chi connectivity index (χ1v) is 13.4. The largest absolute Gasteiger partial charge is 0.326 e. The zero-order valence-electron chi connectivity index (χ0n) is 20.3. The Morgan fingerprint density at radius 2 is 0.677 bits per heavy atom. The van der Waals surface area contributed by atoms with Crippen LogP contribution in [0.1, 0.15) is 105 Å². The Morgan fingerprint density at radius 1 is 0.452 bits per heavy atom. The fourth-order valence-corrected chi connectivity index (χ4v) is 5.39. The van der Waals surface area contributed by atoms with Crippen molar-refractivity contribution < 1.29 is 23.7 Å². The van der Waals surface area contributed by atoms with Gasteiger partial charge in [0.15, 0.2) is 0 Å². The number of hydrogen-bond donors (Lipinski definition) is 0. The van der Waals surface area contributed by atoms with Crippen LogP contribution in [0, 0.1) is 23.7 Å². The van der Waals surface area contributed by atoms with E-state index in [0.29, 0.717) is 0 Å². The van der Waals surface area contributed by atoms with Gasteiger partial charge in [-0.1, -0.05) is 53.4 Å². The van der Waals surface area contributed by atoms with Crippen molar-refractivity contribution in [2.24, 2.45) is 23.7 Å². The van der Waals surface area contributed by atoms with E-state index in [1.807, 2.05) is 0 Å². The molecule has 0 aromatic heterocycles. The highest BCUT2D eigenvalue weighted by Gasteiger charge is 2.40. The van der Waals surface area contributed by atoms with Crippen molar-refractivity contribution in [2.45, 2.75) is 142 Å². The van der Waals surface area contributed by atoms with Gasteiger partial charge in [-0.2, -0.15) is 0 Å². The van der Waals surface area contributed by atoms with E-state index in [-0.39, 0.29) is 24.4 Å². The van der Waals surface area contributed by atoms with Crippen molar-refractivity contribution in [1.82, 2.24) is 0 Å². The van der Waals surface area contributed by atoms with Crippen LogP contribution in [-0.2, 0) is 23.7 Å². The molecule has 5 heteroatoms. The summed E-state index contributed by atoms with van der Waals surface area (Å²) in [6, 6.07) is 0. The highest BCUT2D eigenvalue weighted by atomic mass is 16.9. The van der Waals surface area contributed by atoms with Gasteiger partial charge in [0.05, 0.1) is 24.4 Å². The van der Waals surface area contributed by atoms with E-state index < -0.39 is 13.0 Å². The molecule has 0 bridgehead atoms. The number of hydrogen-bond acceptors (Lipinski definition) is 5. The van der Waals surface area contributed by atoms with Crippen LogP contribution in [0.15, 0.2) is 0 Å². The lowest BCUT2D eigenvalue weighted by Gasteiger charge is -2.43. The SMILES string of the molecule is CCC1CC(OC(OC2CC(CC)C2)OC(OC2CC(CC)C2)OC2CC(CC)C2)C1. The summed E-state index contributed by atoms with van der Waals surface area (Å²) in [4.78, 5) is 0. The Kier molecular flexibility index (Phi) is 8.72. The Hall–Kier alpha value is -0.200. The molecule has 4 aliphatic rings. The first-order chi connectivity index (χ1) is 15.1. The number of ether oxygens (including phenoxy) is 5. The van der Waals surface area contributed by atoms with Crippen molar-refractivity contribution in [3.8, 4) is 0 Å². The maximum absolute atomic E-state index is 6.27. The monoisotopic (exact) mass is 438 g/mol. The summed E-state index contributed by atoms with van der Waals surface area (Å²) in [6.07, 6.45) is 14.7. The molecule has 4 aliphatic carbocycles. The van der Waals surface area contributed by atoms with E-state index in [2.05, 4.69) is 27.7 Å². The van der Waals surface area contributed by atoms with E-state index in [1.54, 1.807) is 0 Å². The van der Waals surface area contributed by atoms with Gasteiger partial charge in [0, 0.05) is 0 Å². The highest BCUT2D eigenvalue weighted by Crippen LogP contribution is 2.39. The predicted molar refractivity (Wildman–Crippen MR) is 120 cm³/mol. The van der Waals surface area contributed by atoms with E-state index >= 15 is 0 Å². The lowest BCUT2D eigenvalue weighted by Crippen LogP contribution is -2.46. The third kappa shape index (κ3) is 6.44. The second-order valence-electron chi connectivity index (χ2n) is 10.7. The van der Waals surface area contributed by atoms with Crippen molar-refractivity contribution in [3.63, 3.8) is 0 Å². The second-order valence-corrected chi connectivity index (χ2v) is 10.7. The molecule has 4 saturated carbocycles. The summed E-state index contributed by atoms with van der Waals surface area (Å²) in [7, 11) is 0. The molecule has 0 saturated heterocycles. The van der Waals surface area contributed by atoms with E-state index in [9.17, 15) is 0 Å². The summed E-state index contributed by atoms with van der Waals surface area (Å²) in [5.74, 6) is 3.13. The van der Waals surface area contributed by atoms with Crippen LogP contribution in [-0.4, -0.2) is 37.4 Å². The topological polar surface area (TPSA) is 46.2 Å². The van der Waals surface area contributed by atoms with Crippen LogP contribution in [0.2, 0.25) is 0 Å². The van der Waals surface area contributed by atoms with Gasteiger partial charge in [-0.25, -0.2) is 0 Å². The van der Waals surface area contributed by atoms with Crippen molar-refractivity contribution in [2.75, 3.05) is 0 Å². The highest BCUT2D eigenvalue weighted by molar-refractivity contribution is 4.83. The van der Waals surface area contributed by atoms with E-state index in [0.717, 1.165) is 75.0 Å². The Bertz CT molecular complexity index is 428. The molecule has 0 amide bonds. The minimum Gasteiger partial charge on any atom is -0.326 e. The van der Waals surface area contributed by atoms with E-state index in [1.165, 1.54) is 25.7 Å². The molecule has 4 fully saturated rings. The van der Waals surface area contributed by atoms with Crippen molar-refractivity contribution in [1.29, 1.82) is 0 Å². The zero-order chi connectivity index (χ0) is 21.8. The number of rotatable bonds is 14. The van der Waals surface area contributed by atoms with Crippen LogP contribution < -0.4 is 0 Å². The molecule has 0 aromatic carbocycles. The molecule has 0 unspecified atom stereocenters. The summed E-state index contributed by atoms with van der Waals surface area (Å²) in [5.41, 5.74) is 0. The van der Waals surface area contributed by atoms with Gasteiger partial charge in [0.2, 0.25) is 0 Å². The van der Waals surface area contributed by atoms with Crippen LogP contribution in [0.25, 0.3) is 0 Å². The molecule has 5 nitrogen and oxygen atoms in total. The van der Waals surface area contributed by atoms with Crippen LogP contribution in [0.3, 0.4) is 0 Å². The van der Waals surface area contributed by atoms with Gasteiger partial charge >= 0.3 is 0 Å². The maximum Gasteiger partial charge on any atom is 0.276 e. The fraction of sp³-hybridized carbons (Fsp3) is 1.00. The molecule has 0 spiro atoms. The first kappa shape index (κ1) is 23.9. The third-order valence-electron chi connectivity index (χ3n) is 8.52. The van der Waals surface area contributed by atoms with Gasteiger partial charge in [-0.3, -0.25) is 4.74 Å². The minimum absolute atomic E-state index is 0.235. The van der Waals surface area contributed by atoms with Crippen LogP contribution in [0.4, 0.5) is 0 Å². The zero-order valence-corrected chi connectivity index (χ0v) is 20.3. The smallest absolute Gasteiger partial charge is 0.276 e. The lowest BCUT2D eigenvalue weighted by atomic mass is 9.80.